The molecule has 3 heterocycles. The number of nitrogens with zero attached hydrogens (tertiary/aromatic N) is 6. The van der Waals surface area contributed by atoms with Gasteiger partial charge in [0.2, 0.25) is 0 Å². The van der Waals surface area contributed by atoms with E-state index in [1.54, 1.807) is 35.4 Å². The first-order chi connectivity index (χ1) is 10.3. The SMILES string of the molecule is Cn1c(-c2cnn3ccncc23)nc2c(C#N)cccc21. The average molecular weight is 274 g/mol. The molecule has 0 aliphatic rings. The maximum atomic E-state index is 9.21. The molecule has 4 rings (SSSR count). The molecule has 0 saturated carbocycles. The molecule has 6 nitrogen and oxygen atoms in total. The third-order valence-corrected chi connectivity index (χ3v) is 3.60. The summed E-state index contributed by atoms with van der Waals surface area (Å²) in [5.74, 6) is 0.774. The van der Waals surface area contributed by atoms with Crippen molar-refractivity contribution in [3.05, 3.63) is 48.5 Å². The molecule has 6 heteroatoms. The van der Waals surface area contributed by atoms with Gasteiger partial charge < -0.3 is 4.57 Å². The van der Waals surface area contributed by atoms with E-state index in [9.17, 15) is 5.26 Å². The standard InChI is InChI=1S/C15H10N6/c1-20-12-4-2-3-10(7-16)14(12)19-15(20)11-8-18-21-6-5-17-9-13(11)21/h2-6,8-9H,1H3. The topological polar surface area (TPSA) is 71.8 Å². The number of imidazole rings is 1. The van der Waals surface area contributed by atoms with Gasteiger partial charge in [0, 0.05) is 19.4 Å². The number of nitriles is 1. The third kappa shape index (κ3) is 1.55. The molecule has 21 heavy (non-hydrogen) atoms. The van der Waals surface area contributed by atoms with Gasteiger partial charge in [-0.3, -0.25) is 4.98 Å². The van der Waals surface area contributed by atoms with Gasteiger partial charge in [-0.1, -0.05) is 6.07 Å². The van der Waals surface area contributed by atoms with Crippen molar-refractivity contribution in [2.45, 2.75) is 0 Å². The lowest BCUT2D eigenvalue weighted by Gasteiger charge is -2.00. The molecule has 100 valence electrons. The Morgan fingerprint density at radius 3 is 2.95 bits per heavy atom. The summed E-state index contributed by atoms with van der Waals surface area (Å²) in [6.07, 6.45) is 7.01. The minimum absolute atomic E-state index is 0.573. The summed E-state index contributed by atoms with van der Waals surface area (Å²) in [6, 6.07) is 7.78. The van der Waals surface area contributed by atoms with Gasteiger partial charge in [-0.05, 0) is 12.1 Å². The molecule has 0 fully saturated rings. The van der Waals surface area contributed by atoms with Crippen molar-refractivity contribution in [2.75, 3.05) is 0 Å². The number of aryl methyl sites for hydroxylation is 1. The summed E-state index contributed by atoms with van der Waals surface area (Å²) >= 11 is 0. The zero-order valence-corrected chi connectivity index (χ0v) is 11.2. The number of hydrogen-bond donors (Lipinski definition) is 0. The second-order valence-corrected chi connectivity index (χ2v) is 4.74. The van der Waals surface area contributed by atoms with Gasteiger partial charge >= 0.3 is 0 Å². The molecular formula is C15H10N6. The quantitative estimate of drug-likeness (QED) is 0.533. The fourth-order valence-electron chi connectivity index (χ4n) is 2.55. The van der Waals surface area contributed by atoms with Crippen molar-refractivity contribution in [3.63, 3.8) is 0 Å². The predicted molar refractivity (Wildman–Crippen MR) is 77.4 cm³/mol. The van der Waals surface area contributed by atoms with Crippen LogP contribution in [0.2, 0.25) is 0 Å². The van der Waals surface area contributed by atoms with E-state index in [4.69, 9.17) is 0 Å². The van der Waals surface area contributed by atoms with Gasteiger partial charge in [0.25, 0.3) is 0 Å². The van der Waals surface area contributed by atoms with E-state index in [2.05, 4.69) is 21.1 Å². The van der Waals surface area contributed by atoms with Crippen LogP contribution in [0.25, 0.3) is 27.9 Å². The largest absolute Gasteiger partial charge is 0.327 e. The van der Waals surface area contributed by atoms with E-state index in [0.29, 0.717) is 11.1 Å². The number of benzene rings is 1. The maximum absolute atomic E-state index is 9.21. The van der Waals surface area contributed by atoms with Gasteiger partial charge in [-0.25, -0.2) is 9.50 Å². The van der Waals surface area contributed by atoms with Gasteiger partial charge in [0.05, 0.1) is 34.6 Å². The fourth-order valence-corrected chi connectivity index (χ4v) is 2.55. The van der Waals surface area contributed by atoms with Crippen molar-refractivity contribution in [3.8, 4) is 17.5 Å². The molecule has 0 amide bonds. The summed E-state index contributed by atoms with van der Waals surface area (Å²) in [5.41, 5.74) is 3.98. The highest BCUT2D eigenvalue weighted by Crippen LogP contribution is 2.27. The minimum atomic E-state index is 0.573. The second-order valence-electron chi connectivity index (χ2n) is 4.74. The Kier molecular flexibility index (Phi) is 2.29. The number of para-hydroxylation sites is 1. The van der Waals surface area contributed by atoms with Crippen LogP contribution in [0.15, 0.2) is 43.0 Å². The highest BCUT2D eigenvalue weighted by Gasteiger charge is 2.16. The smallest absolute Gasteiger partial charge is 0.144 e. The van der Waals surface area contributed by atoms with E-state index >= 15 is 0 Å². The van der Waals surface area contributed by atoms with Crippen LogP contribution in [0.1, 0.15) is 5.56 Å². The van der Waals surface area contributed by atoms with Crippen molar-refractivity contribution in [1.82, 2.24) is 24.1 Å². The highest BCUT2D eigenvalue weighted by molar-refractivity contribution is 5.88. The number of aromatic nitrogens is 5. The molecule has 0 N–H and O–H groups in total. The zero-order valence-electron chi connectivity index (χ0n) is 11.2. The first kappa shape index (κ1) is 11.6. The fraction of sp³-hybridized carbons (Fsp3) is 0.0667. The molecule has 0 bridgehead atoms. The van der Waals surface area contributed by atoms with Crippen LogP contribution in [-0.4, -0.2) is 24.1 Å². The number of hydrogen-bond acceptors (Lipinski definition) is 4. The van der Waals surface area contributed by atoms with Crippen LogP contribution < -0.4 is 0 Å². The maximum Gasteiger partial charge on any atom is 0.144 e. The van der Waals surface area contributed by atoms with Crippen molar-refractivity contribution >= 4 is 16.6 Å². The molecule has 4 aromatic rings. The van der Waals surface area contributed by atoms with Crippen LogP contribution in [0.4, 0.5) is 0 Å². The summed E-state index contributed by atoms with van der Waals surface area (Å²) in [5, 5.41) is 13.5. The Morgan fingerprint density at radius 2 is 2.10 bits per heavy atom. The van der Waals surface area contributed by atoms with Crippen LogP contribution >= 0.6 is 0 Å². The molecule has 1 aromatic carbocycles. The van der Waals surface area contributed by atoms with E-state index in [-0.39, 0.29) is 0 Å². The predicted octanol–water partition coefficient (Wildman–Crippen LogP) is 2.15. The first-order valence-corrected chi connectivity index (χ1v) is 6.43. The molecule has 0 aliphatic carbocycles. The van der Waals surface area contributed by atoms with Crippen LogP contribution in [0.5, 0.6) is 0 Å². The van der Waals surface area contributed by atoms with Gasteiger partial charge in [-0.15, -0.1) is 0 Å². The molecule has 0 saturated heterocycles. The lowest BCUT2D eigenvalue weighted by Crippen LogP contribution is -1.92. The molecule has 0 spiro atoms. The van der Waals surface area contributed by atoms with E-state index in [1.165, 1.54) is 0 Å². The zero-order chi connectivity index (χ0) is 14.4. The highest BCUT2D eigenvalue weighted by atomic mass is 15.2. The minimum Gasteiger partial charge on any atom is -0.327 e. The average Bonchev–Trinajstić information content (AvgIpc) is 3.09. The lowest BCUT2D eigenvalue weighted by atomic mass is 10.2. The summed E-state index contributed by atoms with van der Waals surface area (Å²) in [4.78, 5) is 8.77. The first-order valence-electron chi connectivity index (χ1n) is 6.43. The Balaban J connectivity index is 2.08. The second kappa shape index (κ2) is 4.15. The van der Waals surface area contributed by atoms with E-state index < -0.39 is 0 Å². The third-order valence-electron chi connectivity index (χ3n) is 3.60. The molecule has 3 aromatic heterocycles. The number of fused-ring (bicyclic) bond motifs is 2. The van der Waals surface area contributed by atoms with Gasteiger partial charge in [0.15, 0.2) is 0 Å². The lowest BCUT2D eigenvalue weighted by molar-refractivity contribution is 0.946. The summed E-state index contributed by atoms with van der Waals surface area (Å²) in [7, 11) is 1.94. The van der Waals surface area contributed by atoms with Crippen LogP contribution in [0.3, 0.4) is 0 Å². The normalized spacial score (nSPS) is 11.0. The van der Waals surface area contributed by atoms with Crippen molar-refractivity contribution in [1.29, 1.82) is 5.26 Å². The summed E-state index contributed by atoms with van der Waals surface area (Å²) < 4.78 is 3.73. The Morgan fingerprint density at radius 1 is 1.19 bits per heavy atom. The molecule has 0 unspecified atom stereocenters. The van der Waals surface area contributed by atoms with Gasteiger partial charge in [0.1, 0.15) is 17.4 Å². The summed E-state index contributed by atoms with van der Waals surface area (Å²) in [6.45, 7) is 0. The van der Waals surface area contributed by atoms with Crippen molar-refractivity contribution < 1.29 is 0 Å². The molecular weight excluding hydrogens is 264 g/mol. The van der Waals surface area contributed by atoms with Crippen molar-refractivity contribution in [2.24, 2.45) is 7.05 Å². The van der Waals surface area contributed by atoms with Crippen LogP contribution in [0, 0.1) is 11.3 Å². The van der Waals surface area contributed by atoms with E-state index in [0.717, 1.165) is 22.4 Å². The Hall–Kier alpha value is -3.20. The van der Waals surface area contributed by atoms with E-state index in [1.807, 2.05) is 23.7 Å². The molecule has 0 atom stereocenters. The monoisotopic (exact) mass is 274 g/mol. The van der Waals surface area contributed by atoms with Crippen LogP contribution in [-0.2, 0) is 7.05 Å². The Bertz CT molecular complexity index is 1020. The Labute approximate surface area is 119 Å². The molecule has 0 aliphatic heterocycles. The van der Waals surface area contributed by atoms with Gasteiger partial charge in [-0.2, -0.15) is 10.4 Å². The molecule has 0 radical (unpaired) electrons. The number of rotatable bonds is 1.